The summed E-state index contributed by atoms with van der Waals surface area (Å²) in [7, 11) is 0. The van der Waals surface area contributed by atoms with Crippen LogP contribution in [0.4, 0.5) is 0 Å². The first-order valence-electron chi connectivity index (χ1n) is 5.05. The van der Waals surface area contributed by atoms with Gasteiger partial charge in [-0.15, -0.1) is 0 Å². The number of fused-ring (bicyclic) bond motifs is 1. The maximum atomic E-state index is 6.03. The van der Waals surface area contributed by atoms with E-state index in [9.17, 15) is 0 Å². The van der Waals surface area contributed by atoms with Crippen molar-refractivity contribution in [2.75, 3.05) is 6.54 Å². The van der Waals surface area contributed by atoms with Crippen molar-refractivity contribution in [2.24, 2.45) is 5.73 Å². The van der Waals surface area contributed by atoms with Gasteiger partial charge in [-0.05, 0) is 44.0 Å². The van der Waals surface area contributed by atoms with Gasteiger partial charge in [0.15, 0.2) is 5.15 Å². The number of rotatable bonds is 3. The van der Waals surface area contributed by atoms with Gasteiger partial charge in [-0.1, -0.05) is 11.6 Å². The van der Waals surface area contributed by atoms with Gasteiger partial charge in [-0.2, -0.15) is 0 Å². The molecule has 3 nitrogen and oxygen atoms in total. The van der Waals surface area contributed by atoms with Crippen molar-refractivity contribution in [3.8, 4) is 0 Å². The van der Waals surface area contributed by atoms with Crippen molar-refractivity contribution >= 4 is 17.1 Å². The average molecular weight is 224 g/mol. The van der Waals surface area contributed by atoms with E-state index >= 15 is 0 Å². The van der Waals surface area contributed by atoms with Gasteiger partial charge in [0, 0.05) is 6.20 Å². The maximum Gasteiger partial charge on any atom is 0.155 e. The smallest absolute Gasteiger partial charge is 0.155 e. The monoisotopic (exact) mass is 223 g/mol. The maximum absolute atomic E-state index is 6.03. The highest BCUT2D eigenvalue weighted by molar-refractivity contribution is 6.32. The second-order valence-corrected chi connectivity index (χ2v) is 3.99. The van der Waals surface area contributed by atoms with Crippen LogP contribution >= 0.6 is 11.6 Å². The zero-order valence-electron chi connectivity index (χ0n) is 8.70. The largest absolute Gasteiger partial charge is 0.330 e. The molecule has 0 amide bonds. The predicted octanol–water partition coefficient (Wildman–Crippen LogP) is 2.19. The second kappa shape index (κ2) is 4.21. The van der Waals surface area contributed by atoms with E-state index in [2.05, 4.69) is 17.1 Å². The van der Waals surface area contributed by atoms with Crippen LogP contribution in [0.1, 0.15) is 17.8 Å². The number of hydrogen-bond acceptors (Lipinski definition) is 2. The Labute approximate surface area is 93.9 Å². The van der Waals surface area contributed by atoms with Gasteiger partial charge >= 0.3 is 0 Å². The molecule has 2 rings (SSSR count). The van der Waals surface area contributed by atoms with Crippen LogP contribution in [0.5, 0.6) is 0 Å². The molecule has 0 aromatic carbocycles. The third-order valence-corrected chi connectivity index (χ3v) is 2.79. The van der Waals surface area contributed by atoms with Crippen LogP contribution in [0, 0.1) is 6.92 Å². The Bertz CT molecular complexity index is 476. The van der Waals surface area contributed by atoms with Crippen molar-refractivity contribution < 1.29 is 0 Å². The molecule has 0 unspecified atom stereocenters. The summed E-state index contributed by atoms with van der Waals surface area (Å²) in [5.74, 6) is 0.917. The number of imidazole rings is 1. The first-order chi connectivity index (χ1) is 7.22. The van der Waals surface area contributed by atoms with Crippen molar-refractivity contribution in [1.29, 1.82) is 0 Å². The van der Waals surface area contributed by atoms with Crippen LogP contribution in [0.2, 0.25) is 5.15 Å². The lowest BCUT2D eigenvalue weighted by Gasteiger charge is -2.02. The number of pyridine rings is 1. The number of halogens is 1. The van der Waals surface area contributed by atoms with Crippen molar-refractivity contribution in [2.45, 2.75) is 19.8 Å². The summed E-state index contributed by atoms with van der Waals surface area (Å²) in [4.78, 5) is 4.22. The molecule has 0 atom stereocenters. The standard InChI is InChI=1S/C11H14ClN3/c1-8-14-11(12)10-7-9(3-2-5-13)4-6-15(8)10/h4,6-7H,2-3,5,13H2,1H3. The molecule has 0 aliphatic rings. The minimum Gasteiger partial charge on any atom is -0.330 e. The molecule has 2 N–H and O–H groups in total. The van der Waals surface area contributed by atoms with E-state index in [4.69, 9.17) is 17.3 Å². The zero-order chi connectivity index (χ0) is 10.8. The van der Waals surface area contributed by atoms with Crippen molar-refractivity contribution in [3.05, 3.63) is 34.9 Å². The molecule has 80 valence electrons. The Morgan fingerprint density at radius 1 is 1.53 bits per heavy atom. The van der Waals surface area contributed by atoms with Gasteiger partial charge < -0.3 is 10.1 Å². The first kappa shape index (κ1) is 10.5. The summed E-state index contributed by atoms with van der Waals surface area (Å²) in [6.07, 6.45) is 4.00. The summed E-state index contributed by atoms with van der Waals surface area (Å²) >= 11 is 6.03. The quantitative estimate of drug-likeness (QED) is 0.867. The molecule has 15 heavy (non-hydrogen) atoms. The number of aromatic nitrogens is 2. The fraction of sp³-hybridized carbons (Fsp3) is 0.364. The Hall–Kier alpha value is -1.06. The van der Waals surface area contributed by atoms with Gasteiger partial charge in [0.2, 0.25) is 0 Å². The lowest BCUT2D eigenvalue weighted by molar-refractivity contribution is 0.831. The minimum absolute atomic E-state index is 0.571. The molecule has 0 saturated carbocycles. The predicted molar refractivity (Wildman–Crippen MR) is 62.3 cm³/mol. The highest BCUT2D eigenvalue weighted by atomic mass is 35.5. The lowest BCUT2D eigenvalue weighted by atomic mass is 10.1. The Kier molecular flexibility index (Phi) is 2.93. The molecule has 2 heterocycles. The summed E-state index contributed by atoms with van der Waals surface area (Å²) < 4.78 is 1.99. The number of nitrogens with zero attached hydrogens (tertiary/aromatic N) is 2. The fourth-order valence-electron chi connectivity index (χ4n) is 1.70. The third kappa shape index (κ3) is 1.98. The number of nitrogens with two attached hydrogens (primary N) is 1. The SMILES string of the molecule is Cc1nc(Cl)c2cc(CCCN)ccn12. The van der Waals surface area contributed by atoms with E-state index in [-0.39, 0.29) is 0 Å². The average Bonchev–Trinajstić information content (AvgIpc) is 2.52. The van der Waals surface area contributed by atoms with E-state index in [0.29, 0.717) is 5.15 Å². The lowest BCUT2D eigenvalue weighted by Crippen LogP contribution is -2.00. The van der Waals surface area contributed by atoms with E-state index in [1.54, 1.807) is 0 Å². The summed E-state index contributed by atoms with van der Waals surface area (Å²) in [5.41, 5.74) is 7.71. The fourth-order valence-corrected chi connectivity index (χ4v) is 1.97. The van der Waals surface area contributed by atoms with Crippen molar-refractivity contribution in [1.82, 2.24) is 9.38 Å². The molecule has 4 heteroatoms. The topological polar surface area (TPSA) is 43.3 Å². The van der Waals surface area contributed by atoms with Crippen molar-refractivity contribution in [3.63, 3.8) is 0 Å². The van der Waals surface area contributed by atoms with Gasteiger partial charge in [-0.3, -0.25) is 0 Å². The van der Waals surface area contributed by atoms with E-state index in [0.717, 1.165) is 30.7 Å². The van der Waals surface area contributed by atoms with Crippen LogP contribution in [0.25, 0.3) is 5.52 Å². The summed E-state index contributed by atoms with van der Waals surface area (Å²) in [6.45, 7) is 2.66. The Morgan fingerprint density at radius 2 is 2.33 bits per heavy atom. The number of hydrogen-bond donors (Lipinski definition) is 1. The van der Waals surface area contributed by atoms with Gasteiger partial charge in [0.1, 0.15) is 5.82 Å². The minimum atomic E-state index is 0.571. The number of aryl methyl sites for hydroxylation is 2. The van der Waals surface area contributed by atoms with Gasteiger partial charge in [-0.25, -0.2) is 4.98 Å². The van der Waals surface area contributed by atoms with Crippen LogP contribution in [0.3, 0.4) is 0 Å². The third-order valence-electron chi connectivity index (χ3n) is 2.51. The van der Waals surface area contributed by atoms with E-state index in [1.165, 1.54) is 5.56 Å². The molecule has 0 aliphatic carbocycles. The highest BCUT2D eigenvalue weighted by Gasteiger charge is 2.05. The van der Waals surface area contributed by atoms with Crippen LogP contribution in [0.15, 0.2) is 18.3 Å². The molecule has 0 bridgehead atoms. The normalized spacial score (nSPS) is 11.1. The molecule has 0 saturated heterocycles. The van der Waals surface area contributed by atoms with Crippen LogP contribution in [-0.2, 0) is 6.42 Å². The first-order valence-corrected chi connectivity index (χ1v) is 5.43. The van der Waals surface area contributed by atoms with Gasteiger partial charge in [0.05, 0.1) is 5.52 Å². The molecule has 0 aliphatic heterocycles. The van der Waals surface area contributed by atoms with E-state index < -0.39 is 0 Å². The molecule has 0 fully saturated rings. The van der Waals surface area contributed by atoms with E-state index in [1.807, 2.05) is 17.5 Å². The molecule has 0 spiro atoms. The highest BCUT2D eigenvalue weighted by Crippen LogP contribution is 2.19. The molecule has 2 aromatic heterocycles. The molecule has 0 radical (unpaired) electrons. The Balaban J connectivity index is 2.41. The zero-order valence-corrected chi connectivity index (χ0v) is 9.46. The molecule has 2 aromatic rings. The molecular formula is C11H14ClN3. The Morgan fingerprint density at radius 3 is 3.07 bits per heavy atom. The van der Waals surface area contributed by atoms with Crippen LogP contribution < -0.4 is 5.73 Å². The summed E-state index contributed by atoms with van der Waals surface area (Å²) in [6, 6.07) is 4.17. The van der Waals surface area contributed by atoms with Gasteiger partial charge in [0.25, 0.3) is 0 Å². The van der Waals surface area contributed by atoms with Crippen LogP contribution in [-0.4, -0.2) is 15.9 Å². The molecular weight excluding hydrogens is 210 g/mol. The summed E-state index contributed by atoms with van der Waals surface area (Å²) in [5, 5.41) is 0.571. The second-order valence-electron chi connectivity index (χ2n) is 3.63.